The molecule has 0 radical (unpaired) electrons. The molecule has 0 aliphatic carbocycles. The molecule has 0 unspecified atom stereocenters. The van der Waals surface area contributed by atoms with Gasteiger partial charge < -0.3 is 38.4 Å². The Morgan fingerprint density at radius 2 is 1.80 bits per heavy atom. The van der Waals surface area contributed by atoms with E-state index in [-0.39, 0.29) is 31.3 Å². The maximum Gasteiger partial charge on any atom is 0.407 e. The minimum atomic E-state index is -0.936. The fourth-order valence-electron chi connectivity index (χ4n) is 5.69. The molecule has 9 nitrogen and oxygen atoms in total. The zero-order valence-electron chi connectivity index (χ0n) is 26.5. The summed E-state index contributed by atoms with van der Waals surface area (Å²) in [7, 11) is 3.27. The second kappa shape index (κ2) is 17.3. The summed E-state index contributed by atoms with van der Waals surface area (Å²) in [5.74, 6) is 1.56. The van der Waals surface area contributed by atoms with Gasteiger partial charge in [0, 0.05) is 48.9 Å². The topological polar surface area (TPSA) is 95.9 Å². The Bertz CT molecular complexity index is 1500. The molecule has 2 heterocycles. The van der Waals surface area contributed by atoms with Gasteiger partial charge in [-0.05, 0) is 40.9 Å². The van der Waals surface area contributed by atoms with Gasteiger partial charge in [-0.15, -0.1) is 11.3 Å². The molecule has 1 amide bonds. The van der Waals surface area contributed by atoms with Gasteiger partial charge in [0.2, 0.25) is 0 Å². The summed E-state index contributed by atoms with van der Waals surface area (Å²) in [5.41, 5.74) is 1.99. The molecule has 3 atom stereocenters. The lowest BCUT2D eigenvalue weighted by Gasteiger charge is -2.37. The van der Waals surface area contributed by atoms with Crippen molar-refractivity contribution in [3.63, 3.8) is 0 Å². The van der Waals surface area contributed by atoms with Gasteiger partial charge >= 0.3 is 6.09 Å². The number of hydrogen-bond acceptors (Lipinski definition) is 8. The average molecular weight is 650 g/mol. The molecule has 246 valence electrons. The van der Waals surface area contributed by atoms with Gasteiger partial charge in [-0.3, -0.25) is 0 Å². The number of fused-ring (bicyclic) bond motifs is 1. The summed E-state index contributed by atoms with van der Waals surface area (Å²) in [4.78, 5) is 14.6. The lowest BCUT2D eigenvalue weighted by Crippen LogP contribution is -2.46. The van der Waals surface area contributed by atoms with E-state index < -0.39 is 6.09 Å². The van der Waals surface area contributed by atoms with Crippen molar-refractivity contribution < 1.29 is 38.3 Å². The molecule has 0 bridgehead atoms. The van der Waals surface area contributed by atoms with Crippen LogP contribution in [0.4, 0.5) is 4.79 Å². The van der Waals surface area contributed by atoms with Crippen LogP contribution in [0.2, 0.25) is 0 Å². The van der Waals surface area contributed by atoms with Gasteiger partial charge in [-0.1, -0.05) is 54.6 Å². The summed E-state index contributed by atoms with van der Waals surface area (Å²) in [6.45, 7) is 3.58. The summed E-state index contributed by atoms with van der Waals surface area (Å²) in [6, 6.07) is 24.3. The number of ether oxygens (including phenoxy) is 6. The van der Waals surface area contributed by atoms with Crippen LogP contribution >= 0.6 is 11.3 Å². The molecule has 10 heteroatoms. The van der Waals surface area contributed by atoms with E-state index in [0.717, 1.165) is 39.8 Å². The number of piperidine rings is 1. The number of carboxylic acid groups (broad SMARTS) is 1. The fraction of sp³-hybridized carbons (Fsp3) is 0.417. The molecule has 4 aromatic rings. The van der Waals surface area contributed by atoms with Gasteiger partial charge in [0.25, 0.3) is 0 Å². The first-order valence-corrected chi connectivity index (χ1v) is 16.5. The number of amides is 1. The van der Waals surface area contributed by atoms with Crippen LogP contribution in [-0.2, 0) is 32.2 Å². The standard InChI is InChI=1S/C36H43NO8S/c1-40-23-30(41-2)24-45-35-28(11-10-26-7-3-4-9-33(26)35)22-44-34-21-37(36(38)39)17-16-32(34)27-12-14-29(15-13-27)43-19-6-18-42-25-31-8-5-20-46-31/h3-5,7-15,20,30,32,34H,6,16-19,21-25H2,1-2H3,(H,38,39)/t30-,32+,34-/m0/s1. The SMILES string of the molecule is COC[C@@H](COc1c(CO[C@H]2CN(C(=O)O)CC[C@@H]2c2ccc(OCCCOCc3cccs3)cc2)ccc2ccccc12)OC. The molecule has 3 aromatic carbocycles. The normalized spacial score (nSPS) is 17.2. The zero-order chi connectivity index (χ0) is 32.1. The molecule has 1 aliphatic heterocycles. The predicted octanol–water partition coefficient (Wildman–Crippen LogP) is 6.98. The lowest BCUT2D eigenvalue weighted by atomic mass is 9.87. The van der Waals surface area contributed by atoms with Crippen molar-refractivity contribution in [3.8, 4) is 11.5 Å². The Labute approximate surface area is 274 Å². The third-order valence-corrected chi connectivity index (χ3v) is 9.03. The van der Waals surface area contributed by atoms with Gasteiger partial charge in [-0.25, -0.2) is 4.79 Å². The second-order valence-corrected chi connectivity index (χ2v) is 12.3. The van der Waals surface area contributed by atoms with Crippen LogP contribution in [0.5, 0.6) is 11.5 Å². The van der Waals surface area contributed by atoms with Crippen LogP contribution in [0, 0.1) is 0 Å². The molecule has 0 saturated carbocycles. The van der Waals surface area contributed by atoms with Crippen LogP contribution in [-0.4, -0.2) is 82.0 Å². The van der Waals surface area contributed by atoms with E-state index in [4.69, 9.17) is 28.4 Å². The van der Waals surface area contributed by atoms with E-state index in [0.29, 0.717) is 46.0 Å². The van der Waals surface area contributed by atoms with Crippen molar-refractivity contribution in [2.24, 2.45) is 0 Å². The largest absolute Gasteiger partial charge is 0.494 e. The maximum absolute atomic E-state index is 11.9. The van der Waals surface area contributed by atoms with Crippen molar-refractivity contribution >= 4 is 28.2 Å². The van der Waals surface area contributed by atoms with Gasteiger partial charge in [0.15, 0.2) is 0 Å². The summed E-state index contributed by atoms with van der Waals surface area (Å²) in [6.07, 6.45) is -0.0336. The number of nitrogens with zero attached hydrogens (tertiary/aromatic N) is 1. The number of carbonyl (C=O) groups is 1. The average Bonchev–Trinajstić information content (AvgIpc) is 3.61. The number of likely N-dealkylation sites (tertiary alicyclic amines) is 1. The highest BCUT2D eigenvalue weighted by Crippen LogP contribution is 2.35. The number of hydrogen-bond donors (Lipinski definition) is 1. The first kappa shape index (κ1) is 33.7. The Morgan fingerprint density at radius 1 is 0.957 bits per heavy atom. The van der Waals surface area contributed by atoms with E-state index in [2.05, 4.69) is 29.6 Å². The van der Waals surface area contributed by atoms with Crippen LogP contribution in [0.1, 0.15) is 34.8 Å². The first-order chi connectivity index (χ1) is 22.6. The number of methoxy groups -OCH3 is 2. The fourth-order valence-corrected chi connectivity index (χ4v) is 6.33. The Morgan fingerprint density at radius 3 is 2.57 bits per heavy atom. The third kappa shape index (κ3) is 9.20. The second-order valence-electron chi connectivity index (χ2n) is 11.3. The molecule has 5 rings (SSSR count). The monoisotopic (exact) mass is 649 g/mol. The maximum atomic E-state index is 11.9. The van der Waals surface area contributed by atoms with Crippen LogP contribution in [0.25, 0.3) is 10.8 Å². The van der Waals surface area contributed by atoms with Gasteiger partial charge in [0.05, 0.1) is 45.7 Å². The zero-order valence-corrected chi connectivity index (χ0v) is 27.3. The van der Waals surface area contributed by atoms with Crippen LogP contribution < -0.4 is 9.47 Å². The molecule has 0 spiro atoms. The van der Waals surface area contributed by atoms with Crippen molar-refractivity contribution in [3.05, 3.63) is 94.2 Å². The molecule has 1 N–H and O–H groups in total. The highest BCUT2D eigenvalue weighted by Gasteiger charge is 2.33. The number of thiophene rings is 1. The highest BCUT2D eigenvalue weighted by molar-refractivity contribution is 7.09. The lowest BCUT2D eigenvalue weighted by molar-refractivity contribution is -0.0218. The van der Waals surface area contributed by atoms with E-state index in [1.54, 1.807) is 25.6 Å². The van der Waals surface area contributed by atoms with E-state index >= 15 is 0 Å². The minimum absolute atomic E-state index is 0.0275. The molecular weight excluding hydrogens is 606 g/mol. The van der Waals surface area contributed by atoms with Crippen molar-refractivity contribution in [2.75, 3.05) is 53.7 Å². The summed E-state index contributed by atoms with van der Waals surface area (Å²) >= 11 is 1.70. The first-order valence-electron chi connectivity index (χ1n) is 15.6. The minimum Gasteiger partial charge on any atom is -0.494 e. The van der Waals surface area contributed by atoms with Crippen molar-refractivity contribution in [1.29, 1.82) is 0 Å². The molecule has 1 fully saturated rings. The number of rotatable bonds is 17. The predicted molar refractivity (Wildman–Crippen MR) is 178 cm³/mol. The van der Waals surface area contributed by atoms with Crippen LogP contribution in [0.15, 0.2) is 78.2 Å². The van der Waals surface area contributed by atoms with Gasteiger partial charge in [0.1, 0.15) is 24.2 Å². The molecule has 1 aromatic heterocycles. The van der Waals surface area contributed by atoms with Gasteiger partial charge in [-0.2, -0.15) is 0 Å². The smallest absolute Gasteiger partial charge is 0.407 e. The van der Waals surface area contributed by atoms with E-state index in [1.165, 1.54) is 9.78 Å². The van der Waals surface area contributed by atoms with E-state index in [1.807, 2.05) is 48.5 Å². The Hall–Kier alpha value is -3.67. The Kier molecular flexibility index (Phi) is 12.7. The van der Waals surface area contributed by atoms with Crippen molar-refractivity contribution in [1.82, 2.24) is 4.90 Å². The third-order valence-electron chi connectivity index (χ3n) is 8.18. The molecule has 1 saturated heterocycles. The highest BCUT2D eigenvalue weighted by atomic mass is 32.1. The summed E-state index contributed by atoms with van der Waals surface area (Å²) in [5, 5.41) is 13.9. The van der Waals surface area contributed by atoms with Crippen molar-refractivity contribution in [2.45, 2.75) is 44.2 Å². The quantitative estimate of drug-likeness (QED) is 0.123. The number of benzene rings is 3. The summed E-state index contributed by atoms with van der Waals surface area (Å²) < 4.78 is 35.4. The van der Waals surface area contributed by atoms with Crippen LogP contribution in [0.3, 0.4) is 0 Å². The molecule has 46 heavy (non-hydrogen) atoms. The molecular formula is C36H43NO8S. The molecule has 1 aliphatic rings. The Balaban J connectivity index is 1.23. The van der Waals surface area contributed by atoms with E-state index in [9.17, 15) is 9.90 Å².